The number of aryl methyl sites for hydroxylation is 1. The van der Waals surface area contributed by atoms with Gasteiger partial charge in [0.05, 0.1) is 13.2 Å². The molecule has 0 unspecified atom stereocenters. The predicted molar refractivity (Wildman–Crippen MR) is 160 cm³/mol. The van der Waals surface area contributed by atoms with Gasteiger partial charge in [0.25, 0.3) is 5.56 Å². The van der Waals surface area contributed by atoms with Gasteiger partial charge < -0.3 is 29.2 Å². The molecule has 0 radical (unpaired) electrons. The molecule has 0 saturated carbocycles. The number of hydrogen-bond donors (Lipinski definition) is 1. The van der Waals surface area contributed by atoms with E-state index < -0.39 is 5.60 Å². The number of piperazine rings is 1. The molecule has 1 fully saturated rings. The number of nitrogens with zero attached hydrogens (tertiary/aromatic N) is 6. The fourth-order valence-electron chi connectivity index (χ4n) is 5.11. The maximum absolute atomic E-state index is 13.9. The largest absolute Gasteiger partial charge is 0.444 e. The Morgan fingerprint density at radius 2 is 1.88 bits per heavy atom. The summed E-state index contributed by atoms with van der Waals surface area (Å²) in [6.07, 6.45) is 2.15. The standard InChI is InChI=1S/C29H36ClN7O5/c1-18-16-21(30)6-7-22(18)31-23(38)17-36-19(2)24(34-10-12-35(13-11-34)28(40)42-29(3,4)5)26(39)37-27(36)32-25(33-37)20-8-14-41-15-9-20/h6-8,16H,9-15,17H2,1-5H3,(H,31,38). The van der Waals surface area contributed by atoms with E-state index in [0.717, 1.165) is 11.1 Å². The number of hydrogen-bond acceptors (Lipinski definition) is 8. The highest BCUT2D eigenvalue weighted by Crippen LogP contribution is 2.24. The zero-order valence-electron chi connectivity index (χ0n) is 24.6. The third-order valence-electron chi connectivity index (χ3n) is 7.24. The van der Waals surface area contributed by atoms with Gasteiger partial charge in [-0.1, -0.05) is 17.7 Å². The quantitative estimate of drug-likeness (QED) is 0.473. The molecule has 0 spiro atoms. The topological polar surface area (TPSA) is 123 Å². The van der Waals surface area contributed by atoms with Gasteiger partial charge in [-0.15, -0.1) is 5.10 Å². The SMILES string of the molecule is Cc1cc(Cl)ccc1NC(=O)Cn1c(C)c(N2CCN(C(=O)OC(C)(C)C)CC2)c(=O)n2nc(C3=CCOCC3)nc12. The average Bonchev–Trinajstić information content (AvgIpc) is 3.39. The molecule has 2 aliphatic heterocycles. The Kier molecular flexibility index (Phi) is 8.29. The fourth-order valence-corrected chi connectivity index (χ4v) is 5.33. The first-order chi connectivity index (χ1) is 19.9. The molecule has 12 nitrogen and oxygen atoms in total. The van der Waals surface area contributed by atoms with E-state index in [-0.39, 0.29) is 29.9 Å². The first-order valence-electron chi connectivity index (χ1n) is 14.0. The number of amides is 2. The van der Waals surface area contributed by atoms with Crippen molar-refractivity contribution in [3.05, 3.63) is 56.7 Å². The second kappa shape index (κ2) is 11.8. The van der Waals surface area contributed by atoms with Crippen molar-refractivity contribution >= 4 is 46.3 Å². The molecule has 42 heavy (non-hydrogen) atoms. The van der Waals surface area contributed by atoms with Gasteiger partial charge in [-0.05, 0) is 70.4 Å². The predicted octanol–water partition coefficient (Wildman–Crippen LogP) is 3.66. The maximum Gasteiger partial charge on any atom is 0.410 e. The number of aromatic nitrogens is 4. The molecule has 0 bridgehead atoms. The van der Waals surface area contributed by atoms with Crippen molar-refractivity contribution in [3.8, 4) is 0 Å². The number of carbonyl (C=O) groups is 2. The molecule has 4 heterocycles. The molecular formula is C29H36ClN7O5. The van der Waals surface area contributed by atoms with E-state index >= 15 is 0 Å². The van der Waals surface area contributed by atoms with Crippen molar-refractivity contribution in [2.75, 3.05) is 49.6 Å². The van der Waals surface area contributed by atoms with Crippen LogP contribution in [0.4, 0.5) is 16.2 Å². The summed E-state index contributed by atoms with van der Waals surface area (Å²) < 4.78 is 13.9. The van der Waals surface area contributed by atoms with Crippen molar-refractivity contribution in [1.82, 2.24) is 24.1 Å². The zero-order valence-corrected chi connectivity index (χ0v) is 25.3. The van der Waals surface area contributed by atoms with Crippen molar-refractivity contribution in [2.24, 2.45) is 0 Å². The van der Waals surface area contributed by atoms with Crippen LogP contribution in [0.1, 0.15) is 44.3 Å². The highest BCUT2D eigenvalue weighted by molar-refractivity contribution is 6.30. The number of nitrogens with one attached hydrogen (secondary N) is 1. The van der Waals surface area contributed by atoms with Crippen LogP contribution in [-0.4, -0.2) is 81.1 Å². The van der Waals surface area contributed by atoms with Gasteiger partial charge in [0, 0.05) is 42.6 Å². The summed E-state index contributed by atoms with van der Waals surface area (Å²) in [5, 5.41) is 8.11. The smallest absolute Gasteiger partial charge is 0.410 e. The summed E-state index contributed by atoms with van der Waals surface area (Å²) in [7, 11) is 0. The van der Waals surface area contributed by atoms with Gasteiger partial charge in [0.15, 0.2) is 5.82 Å². The minimum Gasteiger partial charge on any atom is -0.444 e. The van der Waals surface area contributed by atoms with Crippen molar-refractivity contribution in [1.29, 1.82) is 0 Å². The monoisotopic (exact) mass is 597 g/mol. The van der Waals surface area contributed by atoms with E-state index in [1.807, 2.05) is 38.7 Å². The van der Waals surface area contributed by atoms with E-state index in [9.17, 15) is 14.4 Å². The van der Waals surface area contributed by atoms with Crippen molar-refractivity contribution in [3.63, 3.8) is 0 Å². The Morgan fingerprint density at radius 3 is 2.52 bits per heavy atom. The highest BCUT2D eigenvalue weighted by atomic mass is 35.5. The lowest BCUT2D eigenvalue weighted by Gasteiger charge is -2.37. The number of ether oxygens (including phenoxy) is 2. The number of benzene rings is 1. The first-order valence-corrected chi connectivity index (χ1v) is 14.4. The van der Waals surface area contributed by atoms with Gasteiger partial charge in [-0.3, -0.25) is 9.59 Å². The van der Waals surface area contributed by atoms with Crippen LogP contribution in [0, 0.1) is 13.8 Å². The summed E-state index contributed by atoms with van der Waals surface area (Å²) in [6.45, 7) is 11.7. The molecule has 2 aromatic heterocycles. The summed E-state index contributed by atoms with van der Waals surface area (Å²) in [4.78, 5) is 48.1. The van der Waals surface area contributed by atoms with Crippen LogP contribution in [0.3, 0.4) is 0 Å². The number of fused-ring (bicyclic) bond motifs is 1. The van der Waals surface area contributed by atoms with Crippen molar-refractivity contribution < 1.29 is 19.1 Å². The van der Waals surface area contributed by atoms with Crippen LogP contribution >= 0.6 is 11.6 Å². The molecule has 2 amide bonds. The van der Waals surface area contributed by atoms with Crippen molar-refractivity contribution in [2.45, 2.75) is 53.2 Å². The lowest BCUT2D eigenvalue weighted by molar-refractivity contribution is -0.116. The van der Waals surface area contributed by atoms with Gasteiger partial charge in [0.1, 0.15) is 17.8 Å². The lowest BCUT2D eigenvalue weighted by atomic mass is 10.1. The molecule has 13 heteroatoms. The molecule has 0 aliphatic carbocycles. The molecule has 5 rings (SSSR count). The van der Waals surface area contributed by atoms with Crippen LogP contribution in [0.5, 0.6) is 0 Å². The Balaban J connectivity index is 1.49. The molecule has 0 atom stereocenters. The summed E-state index contributed by atoms with van der Waals surface area (Å²) >= 11 is 6.09. The minimum absolute atomic E-state index is 0.0944. The molecule has 1 N–H and O–H groups in total. The van der Waals surface area contributed by atoms with Crippen LogP contribution in [0.25, 0.3) is 11.4 Å². The fraction of sp³-hybridized carbons (Fsp3) is 0.483. The molecule has 1 aromatic carbocycles. The van der Waals surface area contributed by atoms with Gasteiger partial charge in [-0.2, -0.15) is 9.50 Å². The second-order valence-electron chi connectivity index (χ2n) is 11.5. The molecule has 2 aliphatic rings. The Hall–Kier alpha value is -3.90. The third kappa shape index (κ3) is 6.29. The zero-order chi connectivity index (χ0) is 30.2. The van der Waals surface area contributed by atoms with E-state index in [4.69, 9.17) is 26.1 Å². The third-order valence-corrected chi connectivity index (χ3v) is 7.47. The van der Waals surface area contributed by atoms with E-state index in [1.165, 1.54) is 4.52 Å². The summed E-state index contributed by atoms with van der Waals surface area (Å²) in [6, 6.07) is 5.25. The van der Waals surface area contributed by atoms with Crippen LogP contribution in [-0.2, 0) is 20.8 Å². The van der Waals surface area contributed by atoms with Gasteiger partial charge in [0.2, 0.25) is 11.7 Å². The van der Waals surface area contributed by atoms with E-state index in [0.29, 0.717) is 73.7 Å². The molecule has 1 saturated heterocycles. The van der Waals surface area contributed by atoms with E-state index in [2.05, 4.69) is 10.4 Å². The lowest BCUT2D eigenvalue weighted by Crippen LogP contribution is -2.51. The van der Waals surface area contributed by atoms with Crippen LogP contribution in [0.15, 0.2) is 29.1 Å². The Bertz CT molecular complexity index is 1610. The highest BCUT2D eigenvalue weighted by Gasteiger charge is 2.30. The van der Waals surface area contributed by atoms with Crippen LogP contribution < -0.4 is 15.8 Å². The Morgan fingerprint density at radius 1 is 1.14 bits per heavy atom. The van der Waals surface area contributed by atoms with Crippen LogP contribution in [0.2, 0.25) is 5.02 Å². The average molecular weight is 598 g/mol. The Labute approximate surface area is 248 Å². The summed E-state index contributed by atoms with van der Waals surface area (Å²) in [5.74, 6) is 0.424. The number of rotatable bonds is 5. The molecular weight excluding hydrogens is 562 g/mol. The minimum atomic E-state index is -0.598. The number of anilines is 2. The number of carbonyl (C=O) groups excluding carboxylic acids is 2. The van der Waals surface area contributed by atoms with Gasteiger partial charge >= 0.3 is 6.09 Å². The first kappa shape index (κ1) is 29.6. The molecule has 224 valence electrons. The number of halogens is 1. The van der Waals surface area contributed by atoms with Gasteiger partial charge in [-0.25, -0.2) is 4.79 Å². The maximum atomic E-state index is 13.9. The summed E-state index contributed by atoms with van der Waals surface area (Å²) in [5.41, 5.74) is 2.44. The normalized spacial score (nSPS) is 16.0. The van der Waals surface area contributed by atoms with E-state index in [1.54, 1.807) is 34.6 Å². The second-order valence-corrected chi connectivity index (χ2v) is 11.9. The molecule has 3 aromatic rings.